The number of hydrazine groups is 1. The quantitative estimate of drug-likeness (QED) is 0.511. The minimum Gasteiger partial charge on any atom is -0.368 e. The van der Waals surface area contributed by atoms with Gasteiger partial charge in [-0.1, -0.05) is 26.3 Å². The molecule has 0 bridgehead atoms. The zero-order valence-corrected chi connectivity index (χ0v) is 10.3. The zero-order chi connectivity index (χ0) is 12.0. The van der Waals surface area contributed by atoms with Gasteiger partial charge in [0.15, 0.2) is 0 Å². The lowest BCUT2D eigenvalue weighted by Gasteiger charge is -2.18. The van der Waals surface area contributed by atoms with Crippen molar-refractivity contribution in [2.75, 3.05) is 10.7 Å². The molecule has 1 aromatic heterocycles. The molecule has 0 radical (unpaired) electrons. The minimum atomic E-state index is 0.426. The molecule has 2 unspecified atom stereocenters. The number of nitrogens with zero attached hydrogens (tertiary/aromatic N) is 1. The summed E-state index contributed by atoms with van der Waals surface area (Å²) in [6.45, 7) is 6.66. The summed E-state index contributed by atoms with van der Waals surface area (Å²) in [5.41, 5.74) is 2.54. The van der Waals surface area contributed by atoms with E-state index in [4.69, 9.17) is 5.84 Å². The predicted molar refractivity (Wildman–Crippen MR) is 69.2 cm³/mol. The lowest BCUT2D eigenvalue weighted by atomic mass is 10.0. The summed E-state index contributed by atoms with van der Waals surface area (Å²) in [6, 6.07) is 6.15. The Bertz CT molecular complexity index is 314. The molecule has 90 valence electrons. The van der Waals surface area contributed by atoms with Crippen LogP contribution in [0.1, 0.15) is 33.6 Å². The van der Waals surface area contributed by atoms with Gasteiger partial charge in [0, 0.05) is 6.04 Å². The van der Waals surface area contributed by atoms with Crippen molar-refractivity contribution in [2.24, 2.45) is 11.8 Å². The number of nitrogen functional groups attached to an aromatic ring is 1. The molecule has 0 fully saturated rings. The summed E-state index contributed by atoms with van der Waals surface area (Å²) < 4.78 is 0. The van der Waals surface area contributed by atoms with Crippen LogP contribution in [0.3, 0.4) is 0 Å². The van der Waals surface area contributed by atoms with E-state index in [1.165, 1.54) is 6.42 Å². The molecule has 4 N–H and O–H groups in total. The highest BCUT2D eigenvalue weighted by molar-refractivity contribution is 5.44. The molecule has 0 spiro atoms. The Morgan fingerprint density at radius 2 is 2.00 bits per heavy atom. The maximum atomic E-state index is 5.31. The highest BCUT2D eigenvalue weighted by atomic mass is 15.3. The fourth-order valence-electron chi connectivity index (χ4n) is 1.68. The fourth-order valence-corrected chi connectivity index (χ4v) is 1.68. The van der Waals surface area contributed by atoms with Gasteiger partial charge in [-0.25, -0.2) is 10.8 Å². The number of hydrogen-bond acceptors (Lipinski definition) is 4. The van der Waals surface area contributed by atoms with E-state index in [2.05, 4.69) is 36.5 Å². The summed E-state index contributed by atoms with van der Waals surface area (Å²) >= 11 is 0. The lowest BCUT2D eigenvalue weighted by Crippen LogP contribution is -2.19. The number of pyridine rings is 1. The Morgan fingerprint density at radius 1 is 1.31 bits per heavy atom. The molecule has 0 aliphatic heterocycles. The molecule has 0 aliphatic carbocycles. The normalized spacial score (nSPS) is 14.2. The molecule has 0 aromatic carbocycles. The van der Waals surface area contributed by atoms with Crippen LogP contribution in [0.4, 0.5) is 11.6 Å². The van der Waals surface area contributed by atoms with Crippen molar-refractivity contribution < 1.29 is 0 Å². The minimum absolute atomic E-state index is 0.426. The Labute approximate surface area is 97.6 Å². The topological polar surface area (TPSA) is 63.0 Å². The summed E-state index contributed by atoms with van der Waals surface area (Å²) in [5.74, 6) is 7.59. The van der Waals surface area contributed by atoms with Crippen molar-refractivity contribution in [1.82, 2.24) is 4.98 Å². The third kappa shape index (κ3) is 4.06. The Hall–Kier alpha value is -1.29. The van der Waals surface area contributed by atoms with Crippen molar-refractivity contribution in [3.8, 4) is 0 Å². The first-order chi connectivity index (χ1) is 7.65. The van der Waals surface area contributed by atoms with Gasteiger partial charge in [-0.05, 0) is 31.4 Å². The summed E-state index contributed by atoms with van der Waals surface area (Å²) in [4.78, 5) is 4.32. The predicted octanol–water partition coefficient (Wildman–Crippen LogP) is 2.60. The van der Waals surface area contributed by atoms with Gasteiger partial charge in [0.25, 0.3) is 0 Å². The van der Waals surface area contributed by atoms with Crippen LogP contribution in [0.25, 0.3) is 0 Å². The highest BCUT2D eigenvalue weighted by Gasteiger charge is 2.07. The van der Waals surface area contributed by atoms with Crippen LogP contribution in [0.5, 0.6) is 0 Å². The molecule has 0 saturated carbocycles. The molecule has 1 heterocycles. The summed E-state index contributed by atoms with van der Waals surface area (Å²) in [6.07, 6.45) is 2.36. The van der Waals surface area contributed by atoms with Gasteiger partial charge in [-0.15, -0.1) is 0 Å². The highest BCUT2D eigenvalue weighted by Crippen LogP contribution is 2.14. The molecule has 2 atom stereocenters. The van der Waals surface area contributed by atoms with E-state index >= 15 is 0 Å². The van der Waals surface area contributed by atoms with E-state index in [0.29, 0.717) is 11.9 Å². The second kappa shape index (κ2) is 6.33. The molecule has 1 aromatic rings. The third-order valence-corrected chi connectivity index (χ3v) is 2.74. The molecule has 16 heavy (non-hydrogen) atoms. The van der Waals surface area contributed by atoms with Crippen molar-refractivity contribution in [3.63, 3.8) is 0 Å². The van der Waals surface area contributed by atoms with Gasteiger partial charge in [-0.3, -0.25) is 0 Å². The van der Waals surface area contributed by atoms with Gasteiger partial charge in [0.05, 0.1) is 0 Å². The third-order valence-electron chi connectivity index (χ3n) is 2.74. The van der Waals surface area contributed by atoms with Gasteiger partial charge >= 0.3 is 0 Å². The molecule has 1 rings (SSSR count). The van der Waals surface area contributed by atoms with Crippen molar-refractivity contribution in [2.45, 2.75) is 39.7 Å². The van der Waals surface area contributed by atoms with Crippen LogP contribution in [0.2, 0.25) is 0 Å². The Balaban J connectivity index is 2.51. The van der Waals surface area contributed by atoms with Crippen LogP contribution in [-0.2, 0) is 0 Å². The van der Waals surface area contributed by atoms with Crippen molar-refractivity contribution >= 4 is 11.6 Å². The first-order valence-corrected chi connectivity index (χ1v) is 5.86. The first-order valence-electron chi connectivity index (χ1n) is 5.86. The monoisotopic (exact) mass is 222 g/mol. The first kappa shape index (κ1) is 12.8. The molecule has 0 amide bonds. The number of nitrogens with two attached hydrogens (primary N) is 1. The van der Waals surface area contributed by atoms with Crippen LogP contribution < -0.4 is 16.6 Å². The summed E-state index contributed by atoms with van der Waals surface area (Å²) in [5, 5.41) is 3.38. The standard InChI is InChI=1S/C12H22N4/c1-4-9(2)8-10(3)14-11-6-5-7-12(15-11)16-13/h5-7,9-10H,4,8,13H2,1-3H3,(H2,14,15,16). The number of hydrogen-bond donors (Lipinski definition) is 3. The number of aromatic nitrogens is 1. The lowest BCUT2D eigenvalue weighted by molar-refractivity contribution is 0.483. The molecular weight excluding hydrogens is 200 g/mol. The maximum absolute atomic E-state index is 5.31. The van der Waals surface area contributed by atoms with E-state index < -0.39 is 0 Å². The largest absolute Gasteiger partial charge is 0.368 e. The number of rotatable bonds is 6. The van der Waals surface area contributed by atoms with E-state index in [9.17, 15) is 0 Å². The van der Waals surface area contributed by atoms with Crippen LogP contribution in [0.15, 0.2) is 18.2 Å². The second-order valence-electron chi connectivity index (χ2n) is 4.35. The Kier molecular flexibility index (Phi) is 5.05. The van der Waals surface area contributed by atoms with Gasteiger partial charge in [0.2, 0.25) is 0 Å². The Morgan fingerprint density at radius 3 is 2.62 bits per heavy atom. The molecular formula is C12H22N4. The van der Waals surface area contributed by atoms with Gasteiger partial charge in [-0.2, -0.15) is 0 Å². The van der Waals surface area contributed by atoms with E-state index in [1.807, 2.05) is 18.2 Å². The van der Waals surface area contributed by atoms with Crippen molar-refractivity contribution in [3.05, 3.63) is 18.2 Å². The average Bonchev–Trinajstić information content (AvgIpc) is 2.28. The van der Waals surface area contributed by atoms with E-state index in [0.717, 1.165) is 18.2 Å². The van der Waals surface area contributed by atoms with Crippen molar-refractivity contribution in [1.29, 1.82) is 0 Å². The van der Waals surface area contributed by atoms with Crippen LogP contribution in [0, 0.1) is 5.92 Å². The average molecular weight is 222 g/mol. The zero-order valence-electron chi connectivity index (χ0n) is 10.3. The van der Waals surface area contributed by atoms with Gasteiger partial charge in [0.1, 0.15) is 11.6 Å². The fraction of sp³-hybridized carbons (Fsp3) is 0.583. The number of anilines is 2. The molecule has 4 nitrogen and oxygen atoms in total. The maximum Gasteiger partial charge on any atom is 0.142 e. The SMILES string of the molecule is CCC(C)CC(C)Nc1cccc(NN)n1. The van der Waals surface area contributed by atoms with Crippen LogP contribution in [-0.4, -0.2) is 11.0 Å². The van der Waals surface area contributed by atoms with Crippen LogP contribution >= 0.6 is 0 Å². The molecule has 0 saturated heterocycles. The molecule has 4 heteroatoms. The van der Waals surface area contributed by atoms with E-state index in [1.54, 1.807) is 0 Å². The second-order valence-corrected chi connectivity index (χ2v) is 4.35. The number of nitrogens with one attached hydrogen (secondary N) is 2. The van der Waals surface area contributed by atoms with Gasteiger partial charge < -0.3 is 10.7 Å². The summed E-state index contributed by atoms with van der Waals surface area (Å²) in [7, 11) is 0. The van der Waals surface area contributed by atoms with E-state index in [-0.39, 0.29) is 0 Å². The smallest absolute Gasteiger partial charge is 0.142 e. The molecule has 0 aliphatic rings.